The first-order valence-electron chi connectivity index (χ1n) is 25.0. The Morgan fingerprint density at radius 1 is 0.493 bits per heavy atom. The molecular formula is C62H67BN2OS. The van der Waals surface area contributed by atoms with E-state index in [1.165, 1.54) is 113 Å². The maximum Gasteiger partial charge on any atom is 0.254 e. The molecule has 0 unspecified atom stereocenters. The van der Waals surface area contributed by atoms with Crippen molar-refractivity contribution in [2.75, 3.05) is 9.80 Å². The molecule has 6 aromatic carbocycles. The van der Waals surface area contributed by atoms with Crippen molar-refractivity contribution in [2.24, 2.45) is 0 Å². The van der Waals surface area contributed by atoms with E-state index < -0.39 is 0 Å². The van der Waals surface area contributed by atoms with Crippen molar-refractivity contribution in [3.63, 3.8) is 0 Å². The van der Waals surface area contributed by atoms with Crippen molar-refractivity contribution in [1.29, 1.82) is 0 Å². The number of thiophene rings is 1. The summed E-state index contributed by atoms with van der Waals surface area (Å²) in [5, 5.41) is 5.08. The summed E-state index contributed by atoms with van der Waals surface area (Å²) in [6.45, 7) is 34.0. The van der Waals surface area contributed by atoms with Gasteiger partial charge in [-0.1, -0.05) is 139 Å². The number of hydrogen-bond acceptors (Lipinski definition) is 4. The summed E-state index contributed by atoms with van der Waals surface area (Å²) in [5.41, 5.74) is 21.2. The Kier molecular flexibility index (Phi) is 8.81. The van der Waals surface area contributed by atoms with Gasteiger partial charge in [0.1, 0.15) is 11.2 Å². The molecule has 8 aromatic rings. The van der Waals surface area contributed by atoms with Gasteiger partial charge in [0.2, 0.25) is 0 Å². The molecule has 4 heterocycles. The van der Waals surface area contributed by atoms with Crippen molar-refractivity contribution in [3.8, 4) is 0 Å². The largest absolute Gasteiger partial charge is 0.456 e. The van der Waals surface area contributed by atoms with E-state index in [0.29, 0.717) is 0 Å². The van der Waals surface area contributed by atoms with Gasteiger partial charge < -0.3 is 14.2 Å². The lowest BCUT2D eigenvalue weighted by atomic mass is 9.33. The molecule has 0 radical (unpaired) electrons. The highest BCUT2D eigenvalue weighted by Gasteiger charge is 2.48. The number of hydrogen-bond donors (Lipinski definition) is 0. The fraction of sp³-hybridized carbons (Fsp3) is 0.387. The van der Waals surface area contributed by atoms with Crippen LogP contribution < -0.4 is 26.2 Å². The molecule has 3 nitrogen and oxygen atoms in total. The van der Waals surface area contributed by atoms with Crippen LogP contribution in [0.4, 0.5) is 33.4 Å². The fourth-order valence-corrected chi connectivity index (χ4v) is 13.9. The molecule has 0 bridgehead atoms. The first kappa shape index (κ1) is 43.1. The molecule has 5 heteroatoms. The van der Waals surface area contributed by atoms with Gasteiger partial charge in [-0.3, -0.25) is 0 Å². The van der Waals surface area contributed by atoms with Gasteiger partial charge in [0.05, 0.1) is 16.1 Å². The van der Waals surface area contributed by atoms with E-state index >= 15 is 0 Å². The van der Waals surface area contributed by atoms with Gasteiger partial charge in [-0.15, -0.1) is 11.3 Å². The minimum absolute atomic E-state index is 0.0188. The molecule has 0 fully saturated rings. The number of para-hydroxylation sites is 1. The second-order valence-electron chi connectivity index (χ2n) is 25.5. The summed E-state index contributed by atoms with van der Waals surface area (Å²) in [7, 11) is 0. The molecule has 67 heavy (non-hydrogen) atoms. The lowest BCUT2D eigenvalue weighted by Crippen LogP contribution is -2.61. The van der Waals surface area contributed by atoms with E-state index in [1.54, 1.807) is 0 Å². The molecule has 0 atom stereocenters. The van der Waals surface area contributed by atoms with E-state index in [0.717, 1.165) is 27.6 Å². The topological polar surface area (TPSA) is 19.6 Å². The first-order valence-corrected chi connectivity index (χ1v) is 25.9. The number of rotatable bonds is 2. The zero-order valence-corrected chi connectivity index (χ0v) is 43.2. The van der Waals surface area contributed by atoms with Crippen LogP contribution in [-0.2, 0) is 32.5 Å². The Bertz CT molecular complexity index is 3420. The quantitative estimate of drug-likeness (QED) is 0.161. The molecule has 0 spiro atoms. The van der Waals surface area contributed by atoms with Crippen molar-refractivity contribution >= 4 is 99.9 Å². The highest BCUT2D eigenvalue weighted by atomic mass is 32.1. The second-order valence-corrected chi connectivity index (χ2v) is 26.6. The van der Waals surface area contributed by atoms with Gasteiger partial charge in [0, 0.05) is 32.8 Å². The van der Waals surface area contributed by atoms with Crippen LogP contribution in [0.15, 0.2) is 108 Å². The van der Waals surface area contributed by atoms with E-state index in [1.807, 2.05) is 11.3 Å². The van der Waals surface area contributed by atoms with Crippen molar-refractivity contribution in [2.45, 2.75) is 155 Å². The normalized spacial score (nSPS) is 18.7. The van der Waals surface area contributed by atoms with Gasteiger partial charge in [-0.25, -0.2) is 0 Å². The summed E-state index contributed by atoms with van der Waals surface area (Å²) in [5.74, 6) is 0. The summed E-state index contributed by atoms with van der Waals surface area (Å²) in [4.78, 5) is 5.36. The highest BCUT2D eigenvalue weighted by molar-refractivity contribution is 7.26. The zero-order valence-electron chi connectivity index (χ0n) is 42.4. The highest BCUT2D eigenvalue weighted by Crippen LogP contribution is 2.55. The molecule has 2 aliphatic heterocycles. The summed E-state index contributed by atoms with van der Waals surface area (Å²) < 4.78 is 8.07. The smallest absolute Gasteiger partial charge is 0.254 e. The van der Waals surface area contributed by atoms with Gasteiger partial charge in [-0.05, 0) is 174 Å². The minimum Gasteiger partial charge on any atom is -0.456 e. The van der Waals surface area contributed by atoms with E-state index in [4.69, 9.17) is 4.42 Å². The Labute approximate surface area is 403 Å². The summed E-state index contributed by atoms with van der Waals surface area (Å²) in [6.07, 6.45) is 4.75. The minimum atomic E-state index is -0.126. The van der Waals surface area contributed by atoms with Crippen molar-refractivity contribution < 1.29 is 4.42 Å². The predicted octanol–water partition coefficient (Wildman–Crippen LogP) is 16.2. The lowest BCUT2D eigenvalue weighted by molar-refractivity contribution is 0.332. The van der Waals surface area contributed by atoms with Gasteiger partial charge in [0.15, 0.2) is 0 Å². The molecule has 0 saturated heterocycles. The number of furan rings is 1. The molecule has 2 aliphatic carbocycles. The van der Waals surface area contributed by atoms with Crippen LogP contribution in [0.2, 0.25) is 0 Å². The Morgan fingerprint density at radius 2 is 1.07 bits per heavy atom. The molecule has 0 amide bonds. The van der Waals surface area contributed by atoms with E-state index in [2.05, 4.69) is 210 Å². The maximum atomic E-state index is 6.67. The number of fused-ring (bicyclic) bond motifs is 11. The van der Waals surface area contributed by atoms with Crippen LogP contribution >= 0.6 is 11.3 Å². The van der Waals surface area contributed by atoms with Crippen LogP contribution in [0.25, 0.3) is 32.0 Å². The number of anilines is 6. The van der Waals surface area contributed by atoms with E-state index in [9.17, 15) is 0 Å². The fourth-order valence-electron chi connectivity index (χ4n) is 12.6. The van der Waals surface area contributed by atoms with Gasteiger partial charge in [-0.2, -0.15) is 0 Å². The van der Waals surface area contributed by atoms with E-state index in [-0.39, 0.29) is 39.2 Å². The third-order valence-corrected chi connectivity index (χ3v) is 18.3. The van der Waals surface area contributed by atoms with Crippen molar-refractivity contribution in [1.82, 2.24) is 0 Å². The number of nitrogens with zero attached hydrogens (tertiary/aromatic N) is 2. The average molecular weight is 899 g/mol. The molecular weight excluding hydrogens is 832 g/mol. The SMILES string of the molecule is CC(C)(C)c1ccc2c(c1)N(c1cccc3oc4ccccc4c13)c1cc(C(C)(C)C)cc3c1B2c1c(sc2cc4c(cc12)C(C)(C)CCC4(C)C)N3c1ccc2c(c1)C(C)(C)CCC2(C)C. The first-order chi connectivity index (χ1) is 31.4. The molecule has 0 saturated carbocycles. The van der Waals surface area contributed by atoms with Crippen LogP contribution in [0.1, 0.15) is 156 Å². The number of benzene rings is 6. The third-order valence-electron chi connectivity index (χ3n) is 17.1. The second kappa shape index (κ2) is 13.7. The lowest BCUT2D eigenvalue weighted by Gasteiger charge is -2.45. The van der Waals surface area contributed by atoms with Gasteiger partial charge >= 0.3 is 0 Å². The van der Waals surface area contributed by atoms with Crippen molar-refractivity contribution in [3.05, 3.63) is 137 Å². The predicted molar refractivity (Wildman–Crippen MR) is 291 cm³/mol. The standard InChI is InChI=1S/C62H67BN2OS/c1-57(2,3)36-22-25-45-47(30-36)65(46-19-17-21-51-53(46)39-18-15-16-20-50(39)66-51)49-32-37(58(4,5)6)31-48-55(49)63(45)54-40-34-43-44(62(13,14)29-28-61(43,11)12)35-52(40)67-56(54)64(48)38-23-24-41-42(33-38)60(9,10)27-26-59(41,7)8/h15-25,30-35H,26-29H2,1-14H3. The van der Waals surface area contributed by atoms with Gasteiger partial charge in [0.25, 0.3) is 6.71 Å². The molecule has 4 aliphatic rings. The molecule has 12 rings (SSSR count). The van der Waals surface area contributed by atoms with Crippen LogP contribution in [0.5, 0.6) is 0 Å². The molecule has 340 valence electrons. The average Bonchev–Trinajstić information content (AvgIpc) is 3.84. The third kappa shape index (κ3) is 6.21. The van der Waals surface area contributed by atoms with Crippen LogP contribution in [0.3, 0.4) is 0 Å². The maximum absolute atomic E-state index is 6.67. The van der Waals surface area contributed by atoms with Crippen LogP contribution in [0, 0.1) is 0 Å². The monoisotopic (exact) mass is 899 g/mol. The molecule has 0 N–H and O–H groups in total. The Morgan fingerprint density at radius 3 is 1.75 bits per heavy atom. The summed E-state index contributed by atoms with van der Waals surface area (Å²) in [6, 6.07) is 40.7. The Hall–Kier alpha value is -5.26. The van der Waals surface area contributed by atoms with Crippen LogP contribution in [-0.4, -0.2) is 6.71 Å². The zero-order chi connectivity index (χ0) is 47.1. The Balaban J connectivity index is 1.25. The molecule has 2 aromatic heterocycles. The summed E-state index contributed by atoms with van der Waals surface area (Å²) >= 11 is 2.02.